The van der Waals surface area contributed by atoms with E-state index in [4.69, 9.17) is 11.8 Å². The molecule has 3 nitrogen and oxygen atoms in total. The molecule has 1 aromatic carbocycles. The molecule has 1 atom stereocenters. The van der Waals surface area contributed by atoms with E-state index in [1.807, 2.05) is 0 Å². The van der Waals surface area contributed by atoms with E-state index in [0.29, 0.717) is 0 Å². The minimum atomic E-state index is -1.12. The monoisotopic (exact) mass is 207 g/mol. The van der Waals surface area contributed by atoms with Crippen LogP contribution in [0.3, 0.4) is 0 Å². The zero-order valence-corrected chi connectivity index (χ0v) is 7.87. The third-order valence-corrected chi connectivity index (χ3v) is 1.97. The first-order valence-electron chi connectivity index (χ1n) is 4.24. The summed E-state index contributed by atoms with van der Waals surface area (Å²) >= 11 is 0. The fourth-order valence-electron chi connectivity index (χ4n) is 1.19. The maximum absolute atomic E-state index is 13.3. The van der Waals surface area contributed by atoms with Crippen molar-refractivity contribution < 1.29 is 14.6 Å². The van der Waals surface area contributed by atoms with E-state index in [1.54, 1.807) is 0 Å². The number of hydrogen-bond acceptors (Lipinski definition) is 3. The molecular weight excluding hydrogens is 197 g/mol. The van der Waals surface area contributed by atoms with Crippen molar-refractivity contribution in [1.29, 1.82) is 5.41 Å². The van der Waals surface area contributed by atoms with Crippen LogP contribution in [-0.4, -0.2) is 16.4 Å². The lowest BCUT2D eigenvalue weighted by Crippen LogP contribution is -2.01. The molecule has 0 heterocycles. The fraction of sp³-hybridized carbons (Fsp3) is 0.182. The molecule has 0 aliphatic rings. The van der Waals surface area contributed by atoms with Gasteiger partial charge in [0.2, 0.25) is 0 Å². The Morgan fingerprint density at radius 1 is 1.60 bits per heavy atom. The molecule has 0 aliphatic heterocycles. The summed E-state index contributed by atoms with van der Waals surface area (Å²) in [7, 11) is 0. The SMILES string of the molecule is C#CCC(O)c1cc(C=N)c(O)cc1F. The van der Waals surface area contributed by atoms with Gasteiger partial charge in [-0.1, -0.05) is 0 Å². The summed E-state index contributed by atoms with van der Waals surface area (Å²) in [5.74, 6) is 1.14. The van der Waals surface area contributed by atoms with Crippen LogP contribution in [-0.2, 0) is 0 Å². The van der Waals surface area contributed by atoms with Crippen molar-refractivity contribution in [1.82, 2.24) is 0 Å². The van der Waals surface area contributed by atoms with Crippen molar-refractivity contribution >= 4 is 6.21 Å². The third kappa shape index (κ3) is 2.33. The Balaban J connectivity index is 3.19. The van der Waals surface area contributed by atoms with Crippen molar-refractivity contribution in [3.05, 3.63) is 29.1 Å². The number of phenols is 1. The van der Waals surface area contributed by atoms with Gasteiger partial charge in [0, 0.05) is 29.8 Å². The van der Waals surface area contributed by atoms with Crippen molar-refractivity contribution in [3.8, 4) is 18.1 Å². The van der Waals surface area contributed by atoms with E-state index in [9.17, 15) is 14.6 Å². The molecule has 0 saturated carbocycles. The molecule has 0 radical (unpaired) electrons. The van der Waals surface area contributed by atoms with Gasteiger partial charge in [-0.15, -0.1) is 12.3 Å². The van der Waals surface area contributed by atoms with E-state index < -0.39 is 11.9 Å². The Morgan fingerprint density at radius 2 is 2.27 bits per heavy atom. The lowest BCUT2D eigenvalue weighted by molar-refractivity contribution is 0.179. The van der Waals surface area contributed by atoms with Gasteiger partial charge in [-0.25, -0.2) is 4.39 Å². The Labute approximate surface area is 86.7 Å². The highest BCUT2D eigenvalue weighted by molar-refractivity contribution is 5.81. The lowest BCUT2D eigenvalue weighted by Gasteiger charge is -2.10. The number of terminal acetylenes is 1. The maximum Gasteiger partial charge on any atom is 0.132 e. The zero-order chi connectivity index (χ0) is 11.4. The van der Waals surface area contributed by atoms with Crippen LogP contribution in [0.15, 0.2) is 12.1 Å². The summed E-state index contributed by atoms with van der Waals surface area (Å²) < 4.78 is 13.3. The molecule has 78 valence electrons. The number of aliphatic hydroxyl groups excluding tert-OH is 1. The van der Waals surface area contributed by atoms with Gasteiger partial charge in [0.15, 0.2) is 0 Å². The second kappa shape index (κ2) is 4.58. The van der Waals surface area contributed by atoms with E-state index in [-0.39, 0.29) is 23.3 Å². The Kier molecular flexibility index (Phi) is 3.42. The largest absolute Gasteiger partial charge is 0.507 e. The number of nitrogens with one attached hydrogen (secondary N) is 1. The van der Waals surface area contributed by atoms with Gasteiger partial charge in [0.05, 0.1) is 6.10 Å². The van der Waals surface area contributed by atoms with Gasteiger partial charge in [-0.05, 0) is 6.07 Å². The van der Waals surface area contributed by atoms with Gasteiger partial charge in [0.1, 0.15) is 11.6 Å². The minimum Gasteiger partial charge on any atom is -0.507 e. The summed E-state index contributed by atoms with van der Waals surface area (Å²) in [5, 5.41) is 25.7. The first kappa shape index (κ1) is 11.2. The number of hydrogen-bond donors (Lipinski definition) is 3. The molecular formula is C11H10FNO2. The molecule has 0 aliphatic carbocycles. The highest BCUT2D eigenvalue weighted by Crippen LogP contribution is 2.26. The van der Waals surface area contributed by atoms with Crippen molar-refractivity contribution in [2.75, 3.05) is 0 Å². The van der Waals surface area contributed by atoms with Gasteiger partial charge < -0.3 is 15.6 Å². The summed E-state index contributed by atoms with van der Waals surface area (Å²) in [5.41, 5.74) is 0.131. The average molecular weight is 207 g/mol. The van der Waals surface area contributed by atoms with E-state index >= 15 is 0 Å². The molecule has 15 heavy (non-hydrogen) atoms. The van der Waals surface area contributed by atoms with E-state index in [1.165, 1.54) is 6.07 Å². The van der Waals surface area contributed by atoms with Gasteiger partial charge in [0.25, 0.3) is 0 Å². The average Bonchev–Trinajstić information content (AvgIpc) is 2.18. The maximum atomic E-state index is 13.3. The standard InChI is InChI=1S/C11H10FNO2/c1-2-3-10(14)8-4-7(6-13)11(15)5-9(8)12/h1,4-6,10,13-15H,3H2. The Hall–Kier alpha value is -1.86. The van der Waals surface area contributed by atoms with Crippen LogP contribution in [0.5, 0.6) is 5.75 Å². The van der Waals surface area contributed by atoms with Gasteiger partial charge >= 0.3 is 0 Å². The summed E-state index contributed by atoms with van der Waals surface area (Å²) in [6.45, 7) is 0. The number of halogens is 1. The molecule has 0 fully saturated rings. The highest BCUT2D eigenvalue weighted by Gasteiger charge is 2.14. The molecule has 0 bridgehead atoms. The number of phenolic OH excluding ortho intramolecular Hbond substituents is 1. The lowest BCUT2D eigenvalue weighted by atomic mass is 10.0. The summed E-state index contributed by atoms with van der Waals surface area (Å²) in [4.78, 5) is 0. The molecule has 4 heteroatoms. The van der Waals surface area contributed by atoms with Crippen LogP contribution in [0.2, 0.25) is 0 Å². The topological polar surface area (TPSA) is 64.3 Å². The van der Waals surface area contributed by atoms with E-state index in [2.05, 4.69) is 5.92 Å². The number of rotatable bonds is 3. The van der Waals surface area contributed by atoms with Crippen molar-refractivity contribution in [2.24, 2.45) is 0 Å². The predicted octanol–water partition coefficient (Wildman–Crippen LogP) is 1.59. The summed E-state index contributed by atoms with van der Waals surface area (Å²) in [6.07, 6.45) is 4.74. The number of aliphatic hydroxyl groups is 1. The fourth-order valence-corrected chi connectivity index (χ4v) is 1.19. The first-order valence-corrected chi connectivity index (χ1v) is 4.24. The molecule has 3 N–H and O–H groups in total. The Morgan fingerprint density at radius 3 is 2.80 bits per heavy atom. The zero-order valence-electron chi connectivity index (χ0n) is 7.87. The second-order valence-corrected chi connectivity index (χ2v) is 3.00. The molecule has 0 saturated heterocycles. The number of benzene rings is 1. The number of aromatic hydroxyl groups is 1. The molecule has 1 unspecified atom stereocenters. The highest BCUT2D eigenvalue weighted by atomic mass is 19.1. The molecule has 1 rings (SSSR count). The van der Waals surface area contributed by atoms with Gasteiger partial charge in [-0.3, -0.25) is 0 Å². The van der Waals surface area contributed by atoms with Crippen LogP contribution in [0.4, 0.5) is 4.39 Å². The Bertz CT molecular complexity index is 423. The van der Waals surface area contributed by atoms with Crippen LogP contribution >= 0.6 is 0 Å². The molecule has 0 spiro atoms. The third-order valence-electron chi connectivity index (χ3n) is 1.97. The quantitative estimate of drug-likeness (QED) is 0.520. The normalized spacial score (nSPS) is 11.8. The second-order valence-electron chi connectivity index (χ2n) is 3.00. The molecule has 0 aromatic heterocycles. The molecule has 0 amide bonds. The summed E-state index contributed by atoms with van der Waals surface area (Å²) in [6, 6.07) is 2.06. The van der Waals surface area contributed by atoms with E-state index in [0.717, 1.165) is 12.3 Å². The molecule has 1 aromatic rings. The van der Waals surface area contributed by atoms with Gasteiger partial charge in [-0.2, -0.15) is 0 Å². The predicted molar refractivity (Wildman–Crippen MR) is 54.4 cm³/mol. The van der Waals surface area contributed by atoms with Crippen LogP contribution in [0.1, 0.15) is 23.7 Å². The smallest absolute Gasteiger partial charge is 0.132 e. The van der Waals surface area contributed by atoms with Crippen LogP contribution in [0, 0.1) is 23.6 Å². The van der Waals surface area contributed by atoms with Crippen molar-refractivity contribution in [3.63, 3.8) is 0 Å². The minimum absolute atomic E-state index is 0.00995. The van der Waals surface area contributed by atoms with Crippen molar-refractivity contribution in [2.45, 2.75) is 12.5 Å². The van der Waals surface area contributed by atoms with Crippen LogP contribution < -0.4 is 0 Å². The van der Waals surface area contributed by atoms with Crippen LogP contribution in [0.25, 0.3) is 0 Å². The first-order chi connectivity index (χ1) is 7.10.